The SMILES string of the molecule is C=CC=C(C)C(=O)Oc1ccc(Br)cc1C(=C)C. The molecule has 0 amide bonds. The lowest BCUT2D eigenvalue weighted by atomic mass is 10.1. The molecule has 0 unspecified atom stereocenters. The van der Waals surface area contributed by atoms with Crippen LogP contribution in [0, 0.1) is 0 Å². The van der Waals surface area contributed by atoms with Gasteiger partial charge in [0.25, 0.3) is 0 Å². The summed E-state index contributed by atoms with van der Waals surface area (Å²) in [4.78, 5) is 11.8. The monoisotopic (exact) mass is 306 g/mol. The number of carbonyl (C=O) groups excluding carboxylic acids is 1. The van der Waals surface area contributed by atoms with Crippen LogP contribution in [0.2, 0.25) is 0 Å². The van der Waals surface area contributed by atoms with Gasteiger partial charge >= 0.3 is 5.97 Å². The number of esters is 1. The van der Waals surface area contributed by atoms with E-state index in [-0.39, 0.29) is 5.97 Å². The molecule has 0 heterocycles. The fourth-order valence-corrected chi connectivity index (χ4v) is 1.71. The fourth-order valence-electron chi connectivity index (χ4n) is 1.35. The minimum atomic E-state index is -0.389. The zero-order valence-corrected chi connectivity index (χ0v) is 12.1. The second kappa shape index (κ2) is 6.36. The predicted octanol–water partition coefficient (Wildman–Crippen LogP) is 4.52. The first-order valence-electron chi connectivity index (χ1n) is 5.42. The molecule has 18 heavy (non-hydrogen) atoms. The molecule has 0 radical (unpaired) electrons. The Morgan fingerprint density at radius 2 is 2.06 bits per heavy atom. The number of hydrogen-bond acceptors (Lipinski definition) is 2. The van der Waals surface area contributed by atoms with Gasteiger partial charge in [-0.15, -0.1) is 0 Å². The Labute approximate surface area is 116 Å². The van der Waals surface area contributed by atoms with E-state index < -0.39 is 0 Å². The van der Waals surface area contributed by atoms with Crippen molar-refractivity contribution in [3.63, 3.8) is 0 Å². The highest BCUT2D eigenvalue weighted by atomic mass is 79.9. The molecule has 1 aromatic carbocycles. The van der Waals surface area contributed by atoms with E-state index in [0.29, 0.717) is 11.3 Å². The summed E-state index contributed by atoms with van der Waals surface area (Å²) < 4.78 is 6.25. The van der Waals surface area contributed by atoms with Crippen LogP contribution in [-0.4, -0.2) is 5.97 Å². The summed E-state index contributed by atoms with van der Waals surface area (Å²) in [6.07, 6.45) is 3.17. The third-order valence-electron chi connectivity index (χ3n) is 2.29. The number of benzene rings is 1. The molecule has 0 N–H and O–H groups in total. The van der Waals surface area contributed by atoms with Gasteiger partial charge in [0, 0.05) is 15.6 Å². The Morgan fingerprint density at radius 3 is 2.61 bits per heavy atom. The van der Waals surface area contributed by atoms with E-state index in [2.05, 4.69) is 29.1 Å². The Bertz CT molecular complexity index is 527. The highest BCUT2D eigenvalue weighted by Gasteiger charge is 2.11. The molecule has 0 aliphatic heterocycles. The Hall–Kier alpha value is -1.61. The summed E-state index contributed by atoms with van der Waals surface area (Å²) in [5, 5.41) is 0. The smallest absolute Gasteiger partial charge is 0.339 e. The fraction of sp³-hybridized carbons (Fsp3) is 0.133. The normalized spacial score (nSPS) is 10.9. The molecule has 1 aromatic rings. The van der Waals surface area contributed by atoms with Crippen molar-refractivity contribution in [3.8, 4) is 5.75 Å². The molecule has 0 aliphatic carbocycles. The van der Waals surface area contributed by atoms with E-state index in [1.807, 2.05) is 19.1 Å². The van der Waals surface area contributed by atoms with Crippen LogP contribution in [0.5, 0.6) is 5.75 Å². The lowest BCUT2D eigenvalue weighted by molar-refractivity contribution is -0.130. The molecule has 0 spiro atoms. The number of rotatable bonds is 4. The van der Waals surface area contributed by atoms with Crippen molar-refractivity contribution in [2.45, 2.75) is 13.8 Å². The van der Waals surface area contributed by atoms with Crippen molar-refractivity contribution in [1.29, 1.82) is 0 Å². The Balaban J connectivity index is 3.05. The summed E-state index contributed by atoms with van der Waals surface area (Å²) in [5.74, 6) is 0.118. The van der Waals surface area contributed by atoms with Crippen molar-refractivity contribution in [2.24, 2.45) is 0 Å². The van der Waals surface area contributed by atoms with Gasteiger partial charge < -0.3 is 4.74 Å². The van der Waals surface area contributed by atoms with Crippen molar-refractivity contribution >= 4 is 27.5 Å². The first-order chi connectivity index (χ1) is 8.45. The van der Waals surface area contributed by atoms with Crippen molar-refractivity contribution < 1.29 is 9.53 Å². The van der Waals surface area contributed by atoms with Crippen LogP contribution >= 0.6 is 15.9 Å². The maximum absolute atomic E-state index is 11.8. The first-order valence-corrected chi connectivity index (χ1v) is 6.22. The highest BCUT2D eigenvalue weighted by molar-refractivity contribution is 9.10. The van der Waals surface area contributed by atoms with Crippen LogP contribution < -0.4 is 4.74 Å². The molecule has 0 bridgehead atoms. The van der Waals surface area contributed by atoms with Gasteiger partial charge in [-0.2, -0.15) is 0 Å². The van der Waals surface area contributed by atoms with Crippen LogP contribution in [0.4, 0.5) is 0 Å². The van der Waals surface area contributed by atoms with Gasteiger partial charge in [-0.05, 0) is 37.6 Å². The summed E-state index contributed by atoms with van der Waals surface area (Å²) >= 11 is 3.38. The summed E-state index contributed by atoms with van der Waals surface area (Å²) in [6.45, 7) is 11.0. The zero-order chi connectivity index (χ0) is 13.7. The average molecular weight is 307 g/mol. The summed E-state index contributed by atoms with van der Waals surface area (Å²) in [7, 11) is 0. The van der Waals surface area contributed by atoms with Crippen LogP contribution in [0.3, 0.4) is 0 Å². The lowest BCUT2D eigenvalue weighted by Crippen LogP contribution is -2.10. The molecule has 3 heteroatoms. The molecular formula is C15H15BrO2. The minimum absolute atomic E-state index is 0.389. The Kier molecular flexibility index (Phi) is 5.10. The molecule has 0 saturated heterocycles. The topological polar surface area (TPSA) is 26.3 Å². The summed E-state index contributed by atoms with van der Waals surface area (Å²) in [5.41, 5.74) is 2.15. The van der Waals surface area contributed by atoms with Gasteiger partial charge in [0.2, 0.25) is 0 Å². The lowest BCUT2D eigenvalue weighted by Gasteiger charge is -2.10. The molecule has 0 aliphatic rings. The van der Waals surface area contributed by atoms with Crippen LogP contribution in [-0.2, 0) is 4.79 Å². The van der Waals surface area contributed by atoms with Gasteiger partial charge in [0.15, 0.2) is 0 Å². The van der Waals surface area contributed by atoms with Gasteiger partial charge in [-0.1, -0.05) is 41.2 Å². The molecular weight excluding hydrogens is 292 g/mol. The predicted molar refractivity (Wildman–Crippen MR) is 78.4 cm³/mol. The molecule has 94 valence electrons. The molecule has 0 saturated carbocycles. The Morgan fingerprint density at radius 1 is 1.39 bits per heavy atom. The number of hydrogen-bond donors (Lipinski definition) is 0. The molecule has 0 aromatic heterocycles. The van der Waals surface area contributed by atoms with E-state index >= 15 is 0 Å². The van der Waals surface area contributed by atoms with Crippen LogP contribution in [0.25, 0.3) is 5.57 Å². The maximum Gasteiger partial charge on any atom is 0.339 e. The van der Waals surface area contributed by atoms with Gasteiger partial charge in [-0.25, -0.2) is 4.79 Å². The van der Waals surface area contributed by atoms with Crippen molar-refractivity contribution in [2.75, 3.05) is 0 Å². The maximum atomic E-state index is 11.8. The third-order valence-corrected chi connectivity index (χ3v) is 2.79. The second-order valence-electron chi connectivity index (χ2n) is 3.90. The first kappa shape index (κ1) is 14.5. The van der Waals surface area contributed by atoms with Crippen molar-refractivity contribution in [3.05, 3.63) is 59.1 Å². The van der Waals surface area contributed by atoms with E-state index in [0.717, 1.165) is 15.6 Å². The van der Waals surface area contributed by atoms with E-state index in [9.17, 15) is 4.79 Å². The van der Waals surface area contributed by atoms with E-state index in [1.165, 1.54) is 0 Å². The van der Waals surface area contributed by atoms with E-state index in [1.54, 1.807) is 25.1 Å². The largest absolute Gasteiger partial charge is 0.423 e. The third kappa shape index (κ3) is 3.70. The van der Waals surface area contributed by atoms with Crippen LogP contribution in [0.15, 0.2) is 53.6 Å². The average Bonchev–Trinajstić information content (AvgIpc) is 2.31. The quantitative estimate of drug-likeness (QED) is 0.354. The minimum Gasteiger partial charge on any atom is -0.423 e. The molecule has 2 nitrogen and oxygen atoms in total. The second-order valence-corrected chi connectivity index (χ2v) is 4.81. The summed E-state index contributed by atoms with van der Waals surface area (Å²) in [6, 6.07) is 5.44. The standard InChI is InChI=1S/C15H15BrO2/c1-5-6-11(4)15(17)18-14-8-7-12(16)9-13(14)10(2)3/h5-9H,1-2H2,3-4H3. The van der Waals surface area contributed by atoms with Gasteiger partial charge in [-0.3, -0.25) is 0 Å². The molecule has 1 rings (SSSR count). The number of allylic oxidation sites excluding steroid dienone is 3. The number of carbonyl (C=O) groups is 1. The molecule has 0 fully saturated rings. The van der Waals surface area contributed by atoms with Gasteiger partial charge in [0.05, 0.1) is 0 Å². The zero-order valence-electron chi connectivity index (χ0n) is 10.5. The van der Waals surface area contributed by atoms with Crippen molar-refractivity contribution in [1.82, 2.24) is 0 Å². The van der Waals surface area contributed by atoms with Crippen LogP contribution in [0.1, 0.15) is 19.4 Å². The number of halogens is 1. The van der Waals surface area contributed by atoms with Gasteiger partial charge in [0.1, 0.15) is 5.75 Å². The highest BCUT2D eigenvalue weighted by Crippen LogP contribution is 2.28. The molecule has 0 atom stereocenters. The van der Waals surface area contributed by atoms with E-state index in [4.69, 9.17) is 4.74 Å². The number of ether oxygens (including phenoxy) is 1.